The van der Waals surface area contributed by atoms with Crippen molar-refractivity contribution >= 4 is 35.9 Å². The fraction of sp³-hybridized carbons (Fsp3) is 0.875. The number of rotatable bonds is 7. The van der Waals surface area contributed by atoms with Crippen LogP contribution in [-0.4, -0.2) is 63.8 Å². The van der Waals surface area contributed by atoms with E-state index >= 15 is 0 Å². The van der Waals surface area contributed by atoms with Gasteiger partial charge in [0.1, 0.15) is 0 Å². The predicted octanol–water partition coefficient (Wildman–Crippen LogP) is 1.74. The summed E-state index contributed by atoms with van der Waals surface area (Å²) in [6.07, 6.45) is 3.63. The van der Waals surface area contributed by atoms with Gasteiger partial charge in [-0.25, -0.2) is 0 Å². The maximum absolute atomic E-state index is 11.7. The molecule has 1 aliphatic heterocycles. The van der Waals surface area contributed by atoms with E-state index in [4.69, 9.17) is 9.47 Å². The van der Waals surface area contributed by atoms with Gasteiger partial charge in [-0.2, -0.15) is 0 Å². The van der Waals surface area contributed by atoms with Crippen molar-refractivity contribution in [3.05, 3.63) is 0 Å². The van der Waals surface area contributed by atoms with E-state index in [1.807, 2.05) is 0 Å². The molecular formula is C16H30IN3O3. The van der Waals surface area contributed by atoms with E-state index in [1.54, 1.807) is 7.05 Å². The summed E-state index contributed by atoms with van der Waals surface area (Å²) >= 11 is 0. The van der Waals surface area contributed by atoms with Crippen LogP contribution in [0.3, 0.4) is 0 Å². The quantitative estimate of drug-likeness (QED) is 0.215. The largest absolute Gasteiger partial charge is 0.469 e. The Labute approximate surface area is 156 Å². The fourth-order valence-corrected chi connectivity index (χ4v) is 2.84. The molecule has 7 heteroatoms. The first-order valence-corrected chi connectivity index (χ1v) is 8.26. The Morgan fingerprint density at radius 1 is 1.35 bits per heavy atom. The number of hydrogen-bond acceptors (Lipinski definition) is 4. The van der Waals surface area contributed by atoms with E-state index in [9.17, 15) is 4.79 Å². The van der Waals surface area contributed by atoms with Crippen LogP contribution in [0, 0.1) is 17.8 Å². The third-order valence-corrected chi connectivity index (χ3v) is 4.43. The van der Waals surface area contributed by atoms with Gasteiger partial charge in [0.2, 0.25) is 0 Å². The van der Waals surface area contributed by atoms with Crippen molar-refractivity contribution in [2.24, 2.45) is 22.7 Å². The topological polar surface area (TPSA) is 63.2 Å². The molecule has 2 unspecified atom stereocenters. The van der Waals surface area contributed by atoms with E-state index in [-0.39, 0.29) is 41.8 Å². The minimum atomic E-state index is -0.126. The first-order valence-electron chi connectivity index (χ1n) is 8.26. The zero-order chi connectivity index (χ0) is 15.9. The maximum atomic E-state index is 11.7. The van der Waals surface area contributed by atoms with Gasteiger partial charge in [-0.1, -0.05) is 6.92 Å². The van der Waals surface area contributed by atoms with Crippen LogP contribution in [0.25, 0.3) is 0 Å². The Morgan fingerprint density at radius 3 is 2.70 bits per heavy atom. The summed E-state index contributed by atoms with van der Waals surface area (Å²) in [6.45, 7) is 6.13. The molecule has 23 heavy (non-hydrogen) atoms. The SMILES string of the molecule is CN=C(NCCCOCC1CC1)N1CC(C)C(C(=O)OC)C1.I. The maximum Gasteiger partial charge on any atom is 0.310 e. The number of halogens is 1. The lowest BCUT2D eigenvalue weighted by atomic mass is 9.99. The Bertz CT molecular complexity index is 402. The smallest absolute Gasteiger partial charge is 0.310 e. The monoisotopic (exact) mass is 439 g/mol. The van der Waals surface area contributed by atoms with Crippen LogP contribution in [0.15, 0.2) is 4.99 Å². The van der Waals surface area contributed by atoms with E-state index in [0.717, 1.165) is 44.6 Å². The Morgan fingerprint density at radius 2 is 2.09 bits per heavy atom. The van der Waals surface area contributed by atoms with Gasteiger partial charge in [0.05, 0.1) is 13.0 Å². The van der Waals surface area contributed by atoms with E-state index < -0.39 is 0 Å². The van der Waals surface area contributed by atoms with Crippen LogP contribution >= 0.6 is 24.0 Å². The number of ether oxygens (including phenoxy) is 2. The Balaban J connectivity index is 0.00000264. The number of hydrogen-bond donors (Lipinski definition) is 1. The molecule has 0 bridgehead atoms. The fourth-order valence-electron chi connectivity index (χ4n) is 2.84. The van der Waals surface area contributed by atoms with Crippen LogP contribution in [0.4, 0.5) is 0 Å². The number of guanidine groups is 1. The van der Waals surface area contributed by atoms with E-state index in [0.29, 0.717) is 6.54 Å². The van der Waals surface area contributed by atoms with Crippen molar-refractivity contribution < 1.29 is 14.3 Å². The first kappa shape index (κ1) is 20.5. The molecule has 6 nitrogen and oxygen atoms in total. The first-order chi connectivity index (χ1) is 10.7. The molecule has 0 aromatic carbocycles. The predicted molar refractivity (Wildman–Crippen MR) is 101 cm³/mol. The molecule has 0 radical (unpaired) electrons. The van der Waals surface area contributed by atoms with Gasteiger partial charge < -0.3 is 19.7 Å². The van der Waals surface area contributed by atoms with Crippen LogP contribution in [0.5, 0.6) is 0 Å². The lowest BCUT2D eigenvalue weighted by molar-refractivity contribution is -0.145. The number of esters is 1. The van der Waals surface area contributed by atoms with Crippen LogP contribution in [0.1, 0.15) is 26.2 Å². The molecule has 2 aliphatic rings. The third-order valence-electron chi connectivity index (χ3n) is 4.43. The van der Waals surface area contributed by atoms with Gasteiger partial charge >= 0.3 is 5.97 Å². The highest BCUT2D eigenvalue weighted by molar-refractivity contribution is 14.0. The van der Waals surface area contributed by atoms with Gasteiger partial charge in [-0.3, -0.25) is 9.79 Å². The van der Waals surface area contributed by atoms with Crippen LogP contribution < -0.4 is 5.32 Å². The van der Waals surface area contributed by atoms with E-state index in [2.05, 4.69) is 22.1 Å². The van der Waals surface area contributed by atoms with Crippen molar-refractivity contribution in [1.29, 1.82) is 0 Å². The summed E-state index contributed by atoms with van der Waals surface area (Å²) in [7, 11) is 3.23. The average Bonchev–Trinajstić information content (AvgIpc) is 3.27. The third kappa shape index (κ3) is 6.45. The molecule has 1 heterocycles. The molecule has 1 N–H and O–H groups in total. The van der Waals surface area contributed by atoms with Gasteiger partial charge in [0.25, 0.3) is 0 Å². The van der Waals surface area contributed by atoms with Gasteiger partial charge in [0.15, 0.2) is 5.96 Å². The molecule has 1 saturated carbocycles. The highest BCUT2D eigenvalue weighted by Crippen LogP contribution is 2.28. The second-order valence-corrected chi connectivity index (χ2v) is 6.36. The minimum absolute atomic E-state index is 0. The normalized spacial score (nSPS) is 24.3. The molecule has 1 aliphatic carbocycles. The second-order valence-electron chi connectivity index (χ2n) is 6.36. The van der Waals surface area contributed by atoms with E-state index in [1.165, 1.54) is 20.0 Å². The zero-order valence-corrected chi connectivity index (χ0v) is 16.7. The highest BCUT2D eigenvalue weighted by Gasteiger charge is 2.36. The number of likely N-dealkylation sites (tertiary alicyclic amines) is 1. The Kier molecular flexibility index (Phi) is 9.19. The lowest BCUT2D eigenvalue weighted by Gasteiger charge is -2.21. The molecule has 1 saturated heterocycles. The van der Waals surface area contributed by atoms with Crippen molar-refractivity contribution in [1.82, 2.24) is 10.2 Å². The second kappa shape index (κ2) is 10.3. The Hall–Kier alpha value is -0.570. The molecule has 0 spiro atoms. The summed E-state index contributed by atoms with van der Waals surface area (Å²) < 4.78 is 10.5. The van der Waals surface area contributed by atoms with Gasteiger partial charge in [-0.05, 0) is 31.1 Å². The van der Waals surface area contributed by atoms with Crippen LogP contribution in [-0.2, 0) is 14.3 Å². The summed E-state index contributed by atoms with van der Waals surface area (Å²) in [4.78, 5) is 18.2. The summed E-state index contributed by atoms with van der Waals surface area (Å²) in [5, 5.41) is 3.36. The number of nitrogens with zero attached hydrogens (tertiary/aromatic N) is 2. The number of aliphatic imine (C=N–C) groups is 1. The van der Waals surface area contributed by atoms with Crippen molar-refractivity contribution in [3.63, 3.8) is 0 Å². The summed E-state index contributed by atoms with van der Waals surface area (Å²) in [5.41, 5.74) is 0. The number of carbonyl (C=O) groups is 1. The molecule has 134 valence electrons. The zero-order valence-electron chi connectivity index (χ0n) is 14.4. The molecule has 2 rings (SSSR count). The lowest BCUT2D eigenvalue weighted by Crippen LogP contribution is -2.41. The number of methoxy groups -OCH3 is 1. The number of nitrogens with one attached hydrogen (secondary N) is 1. The van der Waals surface area contributed by atoms with Gasteiger partial charge in [0, 0.05) is 39.9 Å². The van der Waals surface area contributed by atoms with Crippen LogP contribution in [0.2, 0.25) is 0 Å². The van der Waals surface area contributed by atoms with Crippen molar-refractivity contribution in [3.8, 4) is 0 Å². The minimum Gasteiger partial charge on any atom is -0.469 e. The van der Waals surface area contributed by atoms with Crippen molar-refractivity contribution in [2.75, 3.05) is 47.0 Å². The molecule has 0 aromatic rings. The van der Waals surface area contributed by atoms with Gasteiger partial charge in [-0.15, -0.1) is 24.0 Å². The highest BCUT2D eigenvalue weighted by atomic mass is 127. The molecule has 2 atom stereocenters. The van der Waals surface area contributed by atoms with Crippen molar-refractivity contribution in [2.45, 2.75) is 26.2 Å². The molecule has 0 amide bonds. The number of carbonyl (C=O) groups excluding carboxylic acids is 1. The standard InChI is InChI=1S/C16H29N3O3.HI/c1-12-9-19(10-14(12)15(20)21-3)16(17-2)18-7-4-8-22-11-13-5-6-13;/h12-14H,4-11H2,1-3H3,(H,17,18);1H. The molecular weight excluding hydrogens is 409 g/mol. The summed E-state index contributed by atoms with van der Waals surface area (Å²) in [6, 6.07) is 0. The molecule has 2 fully saturated rings. The summed E-state index contributed by atoms with van der Waals surface area (Å²) in [5.74, 6) is 1.78. The average molecular weight is 439 g/mol. The molecule has 0 aromatic heterocycles.